The maximum atomic E-state index is 13.4. The second-order valence-corrected chi connectivity index (χ2v) is 10.4. The van der Waals surface area contributed by atoms with Crippen LogP contribution >= 0.6 is 11.6 Å². The Morgan fingerprint density at radius 1 is 1.15 bits per heavy atom. The molecule has 0 spiro atoms. The molecule has 1 amide bonds. The number of piperidine rings is 1. The van der Waals surface area contributed by atoms with Gasteiger partial charge in [0, 0.05) is 24.7 Å². The third-order valence-electron chi connectivity index (χ3n) is 5.91. The molecule has 0 aliphatic carbocycles. The number of fused-ring (bicyclic) bond motifs is 1. The minimum absolute atomic E-state index is 0.0358. The average Bonchev–Trinajstić information content (AvgIpc) is 2.83. The SMILES string of the molecule is CCOc1ccc(Cl)cc1S(=O)(=O)N1CCC[C@@H](C(=O)NCc2cccc3ccccc23)C1. The topological polar surface area (TPSA) is 75.7 Å². The van der Waals surface area contributed by atoms with E-state index in [0.29, 0.717) is 37.6 Å². The number of ether oxygens (including phenoxy) is 1. The number of nitrogens with zero attached hydrogens (tertiary/aromatic N) is 1. The smallest absolute Gasteiger partial charge is 0.246 e. The highest BCUT2D eigenvalue weighted by molar-refractivity contribution is 7.89. The van der Waals surface area contributed by atoms with Crippen molar-refractivity contribution in [3.8, 4) is 5.75 Å². The summed E-state index contributed by atoms with van der Waals surface area (Å²) in [7, 11) is -3.86. The first-order valence-corrected chi connectivity index (χ1v) is 12.9. The minimum atomic E-state index is -3.86. The van der Waals surface area contributed by atoms with Crippen LogP contribution < -0.4 is 10.1 Å². The van der Waals surface area contributed by atoms with Gasteiger partial charge in [0.1, 0.15) is 10.6 Å². The molecule has 1 saturated heterocycles. The molecule has 8 heteroatoms. The molecule has 6 nitrogen and oxygen atoms in total. The van der Waals surface area contributed by atoms with Gasteiger partial charge in [0.2, 0.25) is 15.9 Å². The molecule has 0 saturated carbocycles. The average molecular weight is 487 g/mol. The summed E-state index contributed by atoms with van der Waals surface area (Å²) in [5.41, 5.74) is 1.03. The number of hydrogen-bond acceptors (Lipinski definition) is 4. The number of halogens is 1. The van der Waals surface area contributed by atoms with E-state index in [4.69, 9.17) is 16.3 Å². The molecule has 4 rings (SSSR count). The molecule has 33 heavy (non-hydrogen) atoms. The summed E-state index contributed by atoms with van der Waals surface area (Å²) in [4.78, 5) is 13.0. The van der Waals surface area contributed by atoms with Crippen molar-refractivity contribution in [1.82, 2.24) is 9.62 Å². The van der Waals surface area contributed by atoms with Gasteiger partial charge in [-0.25, -0.2) is 8.42 Å². The van der Waals surface area contributed by atoms with Gasteiger partial charge in [-0.2, -0.15) is 4.31 Å². The van der Waals surface area contributed by atoms with Crippen molar-refractivity contribution >= 4 is 38.3 Å². The first kappa shape index (κ1) is 23.5. The van der Waals surface area contributed by atoms with Gasteiger partial charge >= 0.3 is 0 Å². The normalized spacial score (nSPS) is 17.1. The molecule has 174 valence electrons. The third-order valence-corrected chi connectivity index (χ3v) is 8.03. The molecule has 0 bridgehead atoms. The molecule has 0 aromatic heterocycles. The quantitative estimate of drug-likeness (QED) is 0.529. The Morgan fingerprint density at radius 3 is 2.76 bits per heavy atom. The zero-order valence-electron chi connectivity index (χ0n) is 18.5. The number of sulfonamides is 1. The molecule has 1 aliphatic rings. The summed E-state index contributed by atoms with van der Waals surface area (Å²) in [5, 5.41) is 5.54. The Balaban J connectivity index is 1.48. The van der Waals surface area contributed by atoms with E-state index in [0.717, 1.165) is 16.3 Å². The lowest BCUT2D eigenvalue weighted by atomic mass is 9.98. The van der Waals surface area contributed by atoms with Crippen LogP contribution in [-0.4, -0.2) is 38.3 Å². The number of carbonyl (C=O) groups excluding carboxylic acids is 1. The zero-order chi connectivity index (χ0) is 23.4. The van der Waals surface area contributed by atoms with Crippen molar-refractivity contribution in [2.24, 2.45) is 5.92 Å². The second-order valence-electron chi connectivity index (χ2n) is 8.08. The van der Waals surface area contributed by atoms with Crippen molar-refractivity contribution in [3.05, 3.63) is 71.2 Å². The van der Waals surface area contributed by atoms with Crippen LogP contribution in [0.3, 0.4) is 0 Å². The lowest BCUT2D eigenvalue weighted by molar-refractivity contribution is -0.126. The lowest BCUT2D eigenvalue weighted by Crippen LogP contribution is -2.45. The van der Waals surface area contributed by atoms with Crippen LogP contribution in [0.15, 0.2) is 65.6 Å². The van der Waals surface area contributed by atoms with E-state index in [1.807, 2.05) is 42.5 Å². The summed E-state index contributed by atoms with van der Waals surface area (Å²) in [6, 6.07) is 18.6. The van der Waals surface area contributed by atoms with Crippen molar-refractivity contribution in [3.63, 3.8) is 0 Å². The third kappa shape index (κ3) is 5.16. The molecular weight excluding hydrogens is 460 g/mol. The van der Waals surface area contributed by atoms with E-state index in [2.05, 4.69) is 5.32 Å². The fourth-order valence-electron chi connectivity index (χ4n) is 4.25. The van der Waals surface area contributed by atoms with Gasteiger partial charge in [0.25, 0.3) is 0 Å². The van der Waals surface area contributed by atoms with Crippen molar-refractivity contribution in [2.75, 3.05) is 19.7 Å². The van der Waals surface area contributed by atoms with Crippen LogP contribution in [-0.2, 0) is 21.4 Å². The minimum Gasteiger partial charge on any atom is -0.492 e. The van der Waals surface area contributed by atoms with Gasteiger partial charge in [-0.1, -0.05) is 54.1 Å². The molecule has 0 radical (unpaired) electrons. The summed E-state index contributed by atoms with van der Waals surface area (Å²) < 4.78 is 33.7. The highest BCUT2D eigenvalue weighted by Crippen LogP contribution is 2.32. The Labute approximate surface area is 199 Å². The van der Waals surface area contributed by atoms with E-state index >= 15 is 0 Å². The van der Waals surface area contributed by atoms with Crippen LogP contribution in [0.2, 0.25) is 5.02 Å². The van der Waals surface area contributed by atoms with Crippen molar-refractivity contribution in [1.29, 1.82) is 0 Å². The first-order valence-electron chi connectivity index (χ1n) is 11.1. The summed E-state index contributed by atoms with van der Waals surface area (Å²) in [6.45, 7) is 3.01. The number of rotatable bonds is 7. The monoisotopic (exact) mass is 486 g/mol. The predicted molar refractivity (Wildman–Crippen MR) is 130 cm³/mol. The van der Waals surface area contributed by atoms with Crippen molar-refractivity contribution in [2.45, 2.75) is 31.2 Å². The van der Waals surface area contributed by atoms with E-state index in [1.165, 1.54) is 10.4 Å². The lowest BCUT2D eigenvalue weighted by Gasteiger charge is -2.31. The van der Waals surface area contributed by atoms with Crippen LogP contribution in [0.4, 0.5) is 0 Å². The molecule has 1 fully saturated rings. The number of hydrogen-bond donors (Lipinski definition) is 1. The Kier molecular flexibility index (Phi) is 7.22. The Hall–Kier alpha value is -2.61. The maximum absolute atomic E-state index is 13.4. The van der Waals surface area contributed by atoms with E-state index in [-0.39, 0.29) is 23.1 Å². The van der Waals surface area contributed by atoms with E-state index in [1.54, 1.807) is 19.1 Å². The second kappa shape index (κ2) is 10.1. The molecular formula is C25H27ClN2O4S. The number of benzene rings is 3. The molecule has 1 aliphatic heterocycles. The van der Waals surface area contributed by atoms with Crippen LogP contribution in [0.5, 0.6) is 5.75 Å². The van der Waals surface area contributed by atoms with Crippen LogP contribution in [0.1, 0.15) is 25.3 Å². The Bertz CT molecular complexity index is 1260. The fraction of sp³-hybridized carbons (Fsp3) is 0.320. The zero-order valence-corrected chi connectivity index (χ0v) is 20.0. The van der Waals surface area contributed by atoms with E-state index in [9.17, 15) is 13.2 Å². The number of nitrogens with one attached hydrogen (secondary N) is 1. The summed E-state index contributed by atoms with van der Waals surface area (Å²) >= 11 is 6.08. The van der Waals surface area contributed by atoms with Gasteiger partial charge in [-0.3, -0.25) is 4.79 Å². The predicted octanol–water partition coefficient (Wildman–Crippen LogP) is 4.61. The largest absolute Gasteiger partial charge is 0.492 e. The highest BCUT2D eigenvalue weighted by atomic mass is 35.5. The van der Waals surface area contributed by atoms with Gasteiger partial charge < -0.3 is 10.1 Å². The van der Waals surface area contributed by atoms with Gasteiger partial charge in [0.15, 0.2) is 0 Å². The highest BCUT2D eigenvalue weighted by Gasteiger charge is 2.35. The van der Waals surface area contributed by atoms with Crippen molar-refractivity contribution < 1.29 is 17.9 Å². The Morgan fingerprint density at radius 2 is 1.94 bits per heavy atom. The molecule has 3 aromatic carbocycles. The molecule has 1 atom stereocenters. The molecule has 1 heterocycles. The first-order chi connectivity index (χ1) is 15.9. The fourth-order valence-corrected chi connectivity index (χ4v) is 6.16. The van der Waals surface area contributed by atoms with E-state index < -0.39 is 15.9 Å². The molecule has 1 N–H and O–H groups in total. The number of amides is 1. The summed E-state index contributed by atoms with van der Waals surface area (Å²) in [6.07, 6.45) is 1.25. The van der Waals surface area contributed by atoms with Gasteiger partial charge in [0.05, 0.1) is 12.5 Å². The van der Waals surface area contributed by atoms with Crippen LogP contribution in [0.25, 0.3) is 10.8 Å². The maximum Gasteiger partial charge on any atom is 0.246 e. The summed E-state index contributed by atoms with van der Waals surface area (Å²) in [5.74, 6) is -0.290. The van der Waals surface area contributed by atoms with Gasteiger partial charge in [-0.05, 0) is 54.3 Å². The molecule has 0 unspecified atom stereocenters. The van der Waals surface area contributed by atoms with Gasteiger partial charge in [-0.15, -0.1) is 0 Å². The molecule has 3 aromatic rings. The number of carbonyl (C=O) groups is 1. The standard InChI is InChI=1S/C25H27ClN2O4S/c1-2-32-23-13-12-21(26)15-24(23)33(30,31)28-14-6-10-20(17-28)25(29)27-16-19-9-5-8-18-7-3-4-11-22(18)19/h3-5,7-9,11-13,15,20H,2,6,10,14,16-17H2,1H3,(H,27,29)/t20-/m1/s1. The van der Waals surface area contributed by atoms with Crippen LogP contribution in [0, 0.1) is 5.92 Å².